The van der Waals surface area contributed by atoms with Crippen molar-refractivity contribution in [1.29, 1.82) is 5.26 Å². The first-order chi connectivity index (χ1) is 12.0. The normalized spacial score (nSPS) is 11.5. The van der Waals surface area contributed by atoms with Gasteiger partial charge in [-0.15, -0.1) is 0 Å². The van der Waals surface area contributed by atoms with Gasteiger partial charge >= 0.3 is 0 Å². The van der Waals surface area contributed by atoms with Crippen LogP contribution in [0.1, 0.15) is 18.3 Å². The molecule has 2 heterocycles. The molecular formula is C17H12Br2N4O2. The first-order valence-corrected chi connectivity index (χ1v) is 8.89. The van der Waals surface area contributed by atoms with Gasteiger partial charge in [-0.25, -0.2) is 9.97 Å². The molecule has 3 rings (SSSR count). The maximum atomic E-state index is 9.99. The van der Waals surface area contributed by atoms with Crippen molar-refractivity contribution in [2.45, 2.75) is 6.92 Å². The minimum absolute atomic E-state index is 0.0234. The topological polar surface area (TPSA) is 94.8 Å². The molecule has 0 saturated carbocycles. The number of fused-ring (bicyclic) bond motifs is 1. The van der Waals surface area contributed by atoms with Gasteiger partial charge in [0, 0.05) is 10.7 Å². The first-order valence-electron chi connectivity index (χ1n) is 7.30. The molecule has 1 aromatic carbocycles. The number of allylic oxidation sites excluding steroid dienone is 1. The van der Waals surface area contributed by atoms with Gasteiger partial charge in [0.2, 0.25) is 0 Å². The average Bonchev–Trinajstić information content (AvgIpc) is 3.00. The zero-order chi connectivity index (χ0) is 18.0. The number of hydrogen-bond donors (Lipinski definition) is 2. The summed E-state index contributed by atoms with van der Waals surface area (Å²) < 4.78 is 6.71. The Bertz CT molecular complexity index is 1020. The van der Waals surface area contributed by atoms with Gasteiger partial charge in [-0.1, -0.05) is 0 Å². The maximum absolute atomic E-state index is 9.99. The molecule has 0 atom stereocenters. The van der Waals surface area contributed by atoms with Crippen molar-refractivity contribution >= 4 is 54.7 Å². The summed E-state index contributed by atoms with van der Waals surface area (Å²) in [6, 6.07) is 7.35. The number of aromatic nitrogens is 3. The van der Waals surface area contributed by atoms with E-state index in [4.69, 9.17) is 4.74 Å². The standard InChI is InChI=1S/C17H12Br2N4O2/c1-2-25-14-5-9(4-12(19)15(14)24)3-10(7-20)16-22-13-6-11(18)8-21-17(13)23-16/h3-6,8,24H,2H2,1H3,(H,21,22,23)/b10-3+. The number of nitriles is 1. The van der Waals surface area contributed by atoms with Crippen LogP contribution in [0.2, 0.25) is 0 Å². The number of rotatable bonds is 4. The summed E-state index contributed by atoms with van der Waals surface area (Å²) in [5.74, 6) is 0.788. The fraction of sp³-hybridized carbons (Fsp3) is 0.118. The number of hydrogen-bond acceptors (Lipinski definition) is 5. The summed E-state index contributed by atoms with van der Waals surface area (Å²) in [6.45, 7) is 2.25. The van der Waals surface area contributed by atoms with E-state index in [9.17, 15) is 10.4 Å². The molecule has 0 aliphatic carbocycles. The van der Waals surface area contributed by atoms with E-state index < -0.39 is 0 Å². The third-order valence-electron chi connectivity index (χ3n) is 3.34. The predicted molar refractivity (Wildman–Crippen MR) is 102 cm³/mol. The third kappa shape index (κ3) is 3.67. The van der Waals surface area contributed by atoms with Crippen LogP contribution in [0.25, 0.3) is 22.8 Å². The second kappa shape index (κ2) is 7.25. The van der Waals surface area contributed by atoms with E-state index in [-0.39, 0.29) is 5.75 Å². The Labute approximate surface area is 160 Å². The zero-order valence-corrected chi connectivity index (χ0v) is 16.2. The lowest BCUT2D eigenvalue weighted by Gasteiger charge is -2.08. The van der Waals surface area contributed by atoms with E-state index in [1.807, 2.05) is 13.0 Å². The van der Waals surface area contributed by atoms with Crippen LogP contribution in [0.5, 0.6) is 11.5 Å². The molecule has 0 bridgehead atoms. The Morgan fingerprint density at radius 1 is 1.40 bits per heavy atom. The van der Waals surface area contributed by atoms with Crippen molar-refractivity contribution in [1.82, 2.24) is 15.0 Å². The zero-order valence-electron chi connectivity index (χ0n) is 13.0. The minimum Gasteiger partial charge on any atom is -0.503 e. The Morgan fingerprint density at radius 2 is 2.20 bits per heavy atom. The molecule has 2 N–H and O–H groups in total. The van der Waals surface area contributed by atoms with Crippen LogP contribution in [-0.4, -0.2) is 26.7 Å². The summed E-state index contributed by atoms with van der Waals surface area (Å²) in [6.07, 6.45) is 3.31. The molecular weight excluding hydrogens is 452 g/mol. The summed E-state index contributed by atoms with van der Waals surface area (Å²) in [7, 11) is 0. The van der Waals surface area contributed by atoms with Gasteiger partial charge in [0.05, 0.1) is 22.2 Å². The number of nitrogens with one attached hydrogen (secondary N) is 1. The quantitative estimate of drug-likeness (QED) is 0.549. The number of H-pyrrole nitrogens is 1. The van der Waals surface area contributed by atoms with Crippen LogP contribution in [0.3, 0.4) is 0 Å². The van der Waals surface area contributed by atoms with Crippen LogP contribution in [0.15, 0.2) is 33.3 Å². The van der Waals surface area contributed by atoms with Gasteiger partial charge < -0.3 is 14.8 Å². The van der Waals surface area contributed by atoms with Gasteiger partial charge in [-0.05, 0) is 68.6 Å². The largest absolute Gasteiger partial charge is 0.503 e. The molecule has 0 radical (unpaired) electrons. The van der Waals surface area contributed by atoms with E-state index in [2.05, 4.69) is 52.9 Å². The fourth-order valence-corrected chi connectivity index (χ4v) is 3.06. The van der Waals surface area contributed by atoms with E-state index in [0.29, 0.717) is 39.4 Å². The Morgan fingerprint density at radius 3 is 2.92 bits per heavy atom. The number of benzene rings is 1. The highest BCUT2D eigenvalue weighted by Crippen LogP contribution is 2.36. The Hall–Kier alpha value is -2.37. The SMILES string of the molecule is CCOc1cc(/C=C(\C#N)c2nc3ncc(Br)cc3[nH]2)cc(Br)c1O. The molecule has 126 valence electrons. The third-order valence-corrected chi connectivity index (χ3v) is 4.38. The molecule has 25 heavy (non-hydrogen) atoms. The number of imidazole rings is 1. The molecule has 2 aromatic heterocycles. The summed E-state index contributed by atoms with van der Waals surface area (Å²) in [5, 5.41) is 19.5. The number of phenolic OH excluding ortho intramolecular Hbond substituents is 1. The maximum Gasteiger partial charge on any atom is 0.178 e. The lowest BCUT2D eigenvalue weighted by Crippen LogP contribution is -1.93. The molecule has 0 spiro atoms. The van der Waals surface area contributed by atoms with Crippen molar-refractivity contribution in [2.24, 2.45) is 0 Å². The highest BCUT2D eigenvalue weighted by Gasteiger charge is 2.12. The number of phenols is 1. The lowest BCUT2D eigenvalue weighted by molar-refractivity contribution is 0.317. The highest BCUT2D eigenvalue weighted by molar-refractivity contribution is 9.10. The van der Waals surface area contributed by atoms with E-state index in [1.54, 1.807) is 24.4 Å². The fourth-order valence-electron chi connectivity index (χ4n) is 2.27. The molecule has 0 aliphatic rings. The van der Waals surface area contributed by atoms with Crippen molar-refractivity contribution in [3.63, 3.8) is 0 Å². The lowest BCUT2D eigenvalue weighted by atomic mass is 10.1. The second-order valence-corrected chi connectivity index (χ2v) is 6.83. The van der Waals surface area contributed by atoms with E-state index in [0.717, 1.165) is 9.99 Å². The van der Waals surface area contributed by atoms with Gasteiger partial charge in [-0.3, -0.25) is 0 Å². The molecule has 6 nitrogen and oxygen atoms in total. The predicted octanol–water partition coefficient (Wildman–Crippen LogP) is 4.65. The number of pyridine rings is 1. The summed E-state index contributed by atoms with van der Waals surface area (Å²) in [5.41, 5.74) is 2.29. The smallest absolute Gasteiger partial charge is 0.178 e. The Balaban J connectivity index is 2.06. The van der Waals surface area contributed by atoms with Crippen molar-refractivity contribution in [2.75, 3.05) is 6.61 Å². The van der Waals surface area contributed by atoms with Gasteiger partial charge in [0.1, 0.15) is 6.07 Å². The van der Waals surface area contributed by atoms with Gasteiger partial charge in [0.25, 0.3) is 0 Å². The molecule has 0 aliphatic heterocycles. The number of halogens is 2. The summed E-state index contributed by atoms with van der Waals surface area (Å²) >= 11 is 6.64. The van der Waals surface area contributed by atoms with E-state index in [1.165, 1.54) is 0 Å². The average molecular weight is 464 g/mol. The van der Waals surface area contributed by atoms with Crippen LogP contribution in [0.4, 0.5) is 0 Å². The van der Waals surface area contributed by atoms with Gasteiger partial charge in [-0.2, -0.15) is 5.26 Å². The van der Waals surface area contributed by atoms with Gasteiger partial charge in [0.15, 0.2) is 23.0 Å². The molecule has 3 aromatic rings. The number of ether oxygens (including phenoxy) is 1. The number of aromatic hydroxyl groups is 1. The molecule has 8 heteroatoms. The van der Waals surface area contributed by atoms with Crippen molar-refractivity contribution < 1.29 is 9.84 Å². The van der Waals surface area contributed by atoms with E-state index >= 15 is 0 Å². The second-order valence-electron chi connectivity index (χ2n) is 5.06. The monoisotopic (exact) mass is 462 g/mol. The Kier molecular flexibility index (Phi) is 5.06. The van der Waals surface area contributed by atoms with Crippen molar-refractivity contribution in [3.8, 4) is 17.6 Å². The van der Waals surface area contributed by atoms with Crippen molar-refractivity contribution in [3.05, 3.63) is 44.7 Å². The van der Waals surface area contributed by atoms with Crippen LogP contribution in [-0.2, 0) is 0 Å². The molecule has 0 amide bonds. The van der Waals surface area contributed by atoms with Crippen LogP contribution >= 0.6 is 31.9 Å². The number of aromatic amines is 1. The number of nitrogens with zero attached hydrogens (tertiary/aromatic N) is 3. The summed E-state index contributed by atoms with van der Waals surface area (Å²) in [4.78, 5) is 11.6. The van der Waals surface area contributed by atoms with Crippen LogP contribution in [0, 0.1) is 11.3 Å². The highest BCUT2D eigenvalue weighted by atomic mass is 79.9. The van der Waals surface area contributed by atoms with Crippen LogP contribution < -0.4 is 4.74 Å². The molecule has 0 unspecified atom stereocenters. The molecule has 0 fully saturated rings. The molecule has 0 saturated heterocycles. The minimum atomic E-state index is 0.0234. The first kappa shape index (κ1) is 17.5.